The van der Waals surface area contributed by atoms with Gasteiger partial charge in [0.15, 0.2) is 0 Å². The van der Waals surface area contributed by atoms with Gasteiger partial charge in [0.2, 0.25) is 0 Å². The van der Waals surface area contributed by atoms with Crippen molar-refractivity contribution in [2.75, 3.05) is 13.2 Å². The summed E-state index contributed by atoms with van der Waals surface area (Å²) in [5.74, 6) is 0.874. The average Bonchev–Trinajstić information content (AvgIpc) is 2.42. The van der Waals surface area contributed by atoms with E-state index in [0.717, 1.165) is 11.3 Å². The highest BCUT2D eigenvalue weighted by Gasteiger charge is 2.26. The second-order valence-electron chi connectivity index (χ2n) is 6.56. The normalized spacial score (nSPS) is 24.8. The number of aliphatic hydroxyl groups excluding tert-OH is 1. The zero-order valence-electron chi connectivity index (χ0n) is 13.8. The molecule has 0 aromatic heterocycles. The molecular weight excluding hydrogens is 262 g/mol. The predicted octanol–water partition coefficient (Wildman–Crippen LogP) is 3.31. The van der Waals surface area contributed by atoms with E-state index >= 15 is 0 Å². The van der Waals surface area contributed by atoms with Crippen LogP contribution in [-0.4, -0.2) is 41.3 Å². The van der Waals surface area contributed by atoms with Crippen LogP contribution in [0.4, 0.5) is 0 Å². The van der Waals surface area contributed by atoms with Crippen molar-refractivity contribution in [1.82, 2.24) is 4.90 Å². The summed E-state index contributed by atoms with van der Waals surface area (Å²) in [5, 5.41) is 10.3. The largest absolute Gasteiger partial charge is 0.491 e. The van der Waals surface area contributed by atoms with Gasteiger partial charge in [-0.15, -0.1) is 0 Å². The van der Waals surface area contributed by atoms with E-state index in [1.165, 1.54) is 24.8 Å². The van der Waals surface area contributed by atoms with Crippen LogP contribution >= 0.6 is 0 Å². The Kier molecular flexibility index (Phi) is 5.65. The Morgan fingerprint density at radius 3 is 2.52 bits per heavy atom. The molecule has 1 N–H and O–H groups in total. The molecule has 0 unspecified atom stereocenters. The molecule has 0 bridgehead atoms. The van der Waals surface area contributed by atoms with Crippen LogP contribution in [0.5, 0.6) is 5.75 Å². The maximum atomic E-state index is 10.3. The lowest BCUT2D eigenvalue weighted by Gasteiger charge is -2.40. The molecule has 1 aromatic carbocycles. The Labute approximate surface area is 128 Å². The first-order valence-electron chi connectivity index (χ1n) is 8.11. The molecule has 1 saturated heterocycles. The van der Waals surface area contributed by atoms with Gasteiger partial charge < -0.3 is 9.84 Å². The lowest BCUT2D eigenvalue weighted by molar-refractivity contribution is 0.0208. The number of aryl methyl sites for hydroxylation is 2. The summed E-state index contributed by atoms with van der Waals surface area (Å²) in [5.41, 5.74) is 2.36. The topological polar surface area (TPSA) is 32.7 Å². The second-order valence-corrected chi connectivity index (χ2v) is 6.56. The zero-order chi connectivity index (χ0) is 15.4. The molecule has 1 aromatic rings. The predicted molar refractivity (Wildman–Crippen MR) is 86.9 cm³/mol. The summed E-state index contributed by atoms with van der Waals surface area (Å²) in [6, 6.07) is 7.26. The summed E-state index contributed by atoms with van der Waals surface area (Å²) in [6.07, 6.45) is 3.33. The average molecular weight is 291 g/mol. The van der Waals surface area contributed by atoms with E-state index in [9.17, 15) is 5.11 Å². The number of nitrogens with zero attached hydrogens (tertiary/aromatic N) is 1. The van der Waals surface area contributed by atoms with Gasteiger partial charge in [-0.1, -0.05) is 24.1 Å². The van der Waals surface area contributed by atoms with E-state index < -0.39 is 6.10 Å². The minimum atomic E-state index is -0.436. The van der Waals surface area contributed by atoms with Gasteiger partial charge in [-0.2, -0.15) is 0 Å². The molecule has 3 nitrogen and oxygen atoms in total. The van der Waals surface area contributed by atoms with Crippen LogP contribution in [0.3, 0.4) is 0 Å². The quantitative estimate of drug-likeness (QED) is 0.903. The van der Waals surface area contributed by atoms with Crippen molar-refractivity contribution in [2.24, 2.45) is 0 Å². The Morgan fingerprint density at radius 2 is 1.90 bits per heavy atom. The van der Waals surface area contributed by atoms with E-state index in [2.05, 4.69) is 31.7 Å². The molecule has 0 saturated carbocycles. The molecule has 0 amide bonds. The molecule has 118 valence electrons. The van der Waals surface area contributed by atoms with Gasteiger partial charge in [-0.05, 0) is 52.2 Å². The number of aliphatic hydroxyl groups is 1. The van der Waals surface area contributed by atoms with Gasteiger partial charge in [0.05, 0.1) is 0 Å². The van der Waals surface area contributed by atoms with Crippen molar-refractivity contribution in [1.29, 1.82) is 0 Å². The van der Waals surface area contributed by atoms with Crippen LogP contribution in [0, 0.1) is 13.8 Å². The molecule has 3 atom stereocenters. The van der Waals surface area contributed by atoms with Gasteiger partial charge in [-0.3, -0.25) is 4.90 Å². The van der Waals surface area contributed by atoms with Crippen molar-refractivity contribution in [3.8, 4) is 5.75 Å². The van der Waals surface area contributed by atoms with Gasteiger partial charge in [-0.25, -0.2) is 0 Å². The van der Waals surface area contributed by atoms with E-state index in [4.69, 9.17) is 4.74 Å². The first-order valence-corrected chi connectivity index (χ1v) is 8.11. The van der Waals surface area contributed by atoms with Crippen LogP contribution in [0.25, 0.3) is 0 Å². The zero-order valence-corrected chi connectivity index (χ0v) is 13.8. The van der Waals surface area contributed by atoms with Crippen molar-refractivity contribution >= 4 is 0 Å². The fourth-order valence-electron chi connectivity index (χ4n) is 3.28. The number of hydrogen-bond acceptors (Lipinski definition) is 3. The summed E-state index contributed by atoms with van der Waals surface area (Å²) < 4.78 is 5.79. The molecule has 1 aliphatic rings. The molecule has 3 heteroatoms. The lowest BCUT2D eigenvalue weighted by Crippen LogP contribution is -2.48. The number of piperidine rings is 1. The number of benzene rings is 1. The van der Waals surface area contributed by atoms with Gasteiger partial charge in [0.1, 0.15) is 18.5 Å². The number of likely N-dealkylation sites (tertiary alicyclic amines) is 1. The molecule has 2 rings (SSSR count). The molecule has 1 aliphatic heterocycles. The molecule has 1 heterocycles. The Morgan fingerprint density at radius 1 is 1.24 bits per heavy atom. The molecule has 21 heavy (non-hydrogen) atoms. The Balaban J connectivity index is 1.85. The maximum absolute atomic E-state index is 10.3. The molecule has 0 aliphatic carbocycles. The fourth-order valence-corrected chi connectivity index (χ4v) is 3.28. The van der Waals surface area contributed by atoms with Crippen molar-refractivity contribution in [2.45, 2.75) is 65.1 Å². The van der Waals surface area contributed by atoms with E-state index in [-0.39, 0.29) is 0 Å². The third kappa shape index (κ3) is 4.45. The minimum Gasteiger partial charge on any atom is -0.491 e. The Hall–Kier alpha value is -1.06. The monoisotopic (exact) mass is 291 g/mol. The minimum absolute atomic E-state index is 0.361. The summed E-state index contributed by atoms with van der Waals surface area (Å²) in [7, 11) is 0. The second kappa shape index (κ2) is 7.28. The van der Waals surface area contributed by atoms with E-state index in [1.807, 2.05) is 19.1 Å². The van der Waals surface area contributed by atoms with E-state index in [0.29, 0.717) is 25.2 Å². The van der Waals surface area contributed by atoms with Crippen molar-refractivity contribution in [3.63, 3.8) is 0 Å². The SMILES string of the molecule is Cc1ccc(OC[C@H](O)CN2[C@@H](C)CCC[C@@H]2C)c(C)c1. The van der Waals surface area contributed by atoms with Crippen LogP contribution in [0.1, 0.15) is 44.2 Å². The molecule has 1 fully saturated rings. The highest BCUT2D eigenvalue weighted by atomic mass is 16.5. The lowest BCUT2D eigenvalue weighted by atomic mass is 9.97. The highest BCUT2D eigenvalue weighted by molar-refractivity contribution is 5.35. The van der Waals surface area contributed by atoms with Gasteiger partial charge >= 0.3 is 0 Å². The first-order chi connectivity index (χ1) is 9.97. The molecular formula is C18H29NO2. The van der Waals surface area contributed by atoms with Gasteiger partial charge in [0, 0.05) is 18.6 Å². The number of rotatable bonds is 5. The summed E-state index contributed by atoms with van der Waals surface area (Å²) >= 11 is 0. The van der Waals surface area contributed by atoms with Crippen LogP contribution in [0.2, 0.25) is 0 Å². The van der Waals surface area contributed by atoms with Crippen LogP contribution < -0.4 is 4.74 Å². The van der Waals surface area contributed by atoms with Crippen LogP contribution in [0.15, 0.2) is 18.2 Å². The third-order valence-corrected chi connectivity index (χ3v) is 4.56. The number of ether oxygens (including phenoxy) is 1. The number of hydrogen-bond donors (Lipinski definition) is 1. The Bertz CT molecular complexity index is 451. The third-order valence-electron chi connectivity index (χ3n) is 4.56. The van der Waals surface area contributed by atoms with Gasteiger partial charge in [0.25, 0.3) is 0 Å². The van der Waals surface area contributed by atoms with Crippen LogP contribution in [-0.2, 0) is 0 Å². The number of β-amino-alcohol motifs (C(OH)–C–C–N with tert-alkyl or cyclic N) is 1. The van der Waals surface area contributed by atoms with Crippen molar-refractivity contribution in [3.05, 3.63) is 29.3 Å². The maximum Gasteiger partial charge on any atom is 0.122 e. The fraction of sp³-hybridized carbons (Fsp3) is 0.667. The smallest absolute Gasteiger partial charge is 0.122 e. The van der Waals surface area contributed by atoms with Crippen molar-refractivity contribution < 1.29 is 9.84 Å². The first kappa shape index (κ1) is 16.3. The molecule has 0 spiro atoms. The van der Waals surface area contributed by atoms with E-state index in [1.54, 1.807) is 0 Å². The molecule has 0 radical (unpaired) electrons. The summed E-state index contributed by atoms with van der Waals surface area (Å²) in [4.78, 5) is 2.42. The highest BCUT2D eigenvalue weighted by Crippen LogP contribution is 2.23. The summed E-state index contributed by atoms with van der Waals surface area (Å²) in [6.45, 7) is 9.70. The standard InChI is InChI=1S/C18H29NO2/c1-13-8-9-18(14(2)10-13)21-12-17(20)11-19-15(3)6-5-7-16(19)4/h8-10,15-17,20H,5-7,11-12H2,1-4H3/t15-,16-,17+/m0/s1.